The first-order valence-electron chi connectivity index (χ1n) is 12.4. The fourth-order valence-corrected chi connectivity index (χ4v) is 6.45. The average Bonchev–Trinajstić information content (AvgIpc) is 3.54. The smallest absolute Gasteiger partial charge is 0.280 e. The van der Waals surface area contributed by atoms with E-state index in [4.69, 9.17) is 4.74 Å². The summed E-state index contributed by atoms with van der Waals surface area (Å²) in [5, 5.41) is 9.57. The molecule has 0 radical (unpaired) electrons. The van der Waals surface area contributed by atoms with Crippen LogP contribution in [-0.4, -0.2) is 95.0 Å². The summed E-state index contributed by atoms with van der Waals surface area (Å²) >= 11 is 0. The lowest BCUT2D eigenvalue weighted by molar-refractivity contribution is 0.0387. The van der Waals surface area contributed by atoms with E-state index >= 15 is 0 Å². The summed E-state index contributed by atoms with van der Waals surface area (Å²) in [5.41, 5.74) is 0.173. The zero-order valence-corrected chi connectivity index (χ0v) is 24.4. The topological polar surface area (TPSA) is 169 Å². The van der Waals surface area contributed by atoms with E-state index in [1.54, 1.807) is 21.0 Å². The molecule has 3 aromatic rings. The Morgan fingerprint density at radius 1 is 1.12 bits per heavy atom. The number of rotatable bonds is 9. The number of fused-ring (bicyclic) bond motifs is 1. The van der Waals surface area contributed by atoms with E-state index in [-0.39, 0.29) is 52.7 Å². The first kappa shape index (κ1) is 29.5. The highest BCUT2D eigenvalue weighted by atomic mass is 32.2. The number of nitrogens with one attached hydrogen (secondary N) is 1. The second kappa shape index (κ2) is 11.2. The predicted molar refractivity (Wildman–Crippen MR) is 145 cm³/mol. The fraction of sp³-hybridized carbons (Fsp3) is 0.458. The van der Waals surface area contributed by atoms with Crippen molar-refractivity contribution in [2.75, 3.05) is 31.5 Å². The van der Waals surface area contributed by atoms with E-state index in [2.05, 4.69) is 14.7 Å². The molecule has 1 aliphatic rings. The molecule has 4 rings (SSSR count). The summed E-state index contributed by atoms with van der Waals surface area (Å²) in [6, 6.07) is 3.70. The molecule has 0 unspecified atom stereocenters. The van der Waals surface area contributed by atoms with Crippen molar-refractivity contribution in [3.63, 3.8) is 0 Å². The number of hydrogen-bond acceptors (Lipinski definition) is 9. The van der Waals surface area contributed by atoms with E-state index in [1.165, 1.54) is 64.3 Å². The SMILES string of the molecule is C[C@@H]1CN([C@H](C)CO)C(=O)c2cc(NS(=O)(=O)c3cn(C)cn3)ccc2O[C@@H]1CN(C)S(=O)(=O)c1cn(C)cn1. The van der Waals surface area contributed by atoms with Crippen molar-refractivity contribution in [1.82, 2.24) is 28.3 Å². The van der Waals surface area contributed by atoms with Crippen LogP contribution in [-0.2, 0) is 34.1 Å². The van der Waals surface area contributed by atoms with Crippen LogP contribution in [0.3, 0.4) is 0 Å². The summed E-state index contributed by atoms with van der Waals surface area (Å²) in [7, 11) is -3.22. The van der Waals surface area contributed by atoms with Gasteiger partial charge < -0.3 is 23.9 Å². The molecule has 0 fully saturated rings. The second-order valence-electron chi connectivity index (χ2n) is 9.98. The van der Waals surface area contributed by atoms with Crippen molar-refractivity contribution in [1.29, 1.82) is 0 Å². The Labute approximate surface area is 233 Å². The van der Waals surface area contributed by atoms with Gasteiger partial charge in [0.25, 0.3) is 26.0 Å². The highest BCUT2D eigenvalue weighted by molar-refractivity contribution is 7.92. The number of hydrogen-bond donors (Lipinski definition) is 2. The van der Waals surface area contributed by atoms with Gasteiger partial charge in [-0.2, -0.15) is 12.7 Å². The van der Waals surface area contributed by atoms with Crippen LogP contribution in [0, 0.1) is 5.92 Å². The van der Waals surface area contributed by atoms with Gasteiger partial charge in [0.15, 0.2) is 10.1 Å². The fourth-order valence-electron chi connectivity index (χ4n) is 4.27. The van der Waals surface area contributed by atoms with E-state index in [9.17, 15) is 26.7 Å². The van der Waals surface area contributed by atoms with Crippen molar-refractivity contribution in [2.24, 2.45) is 20.0 Å². The quantitative estimate of drug-likeness (QED) is 0.358. The summed E-state index contributed by atoms with van der Waals surface area (Å²) in [4.78, 5) is 22.9. The molecule has 1 aromatic carbocycles. The number of carbonyl (C=O) groups is 1. The number of carbonyl (C=O) groups excluding carboxylic acids is 1. The van der Waals surface area contributed by atoms with E-state index in [0.717, 1.165) is 4.31 Å². The van der Waals surface area contributed by atoms with E-state index in [1.807, 2.05) is 6.92 Å². The molecule has 0 aliphatic carbocycles. The van der Waals surface area contributed by atoms with Gasteiger partial charge in [0.1, 0.15) is 11.9 Å². The molecule has 0 spiro atoms. The number of benzene rings is 1. The van der Waals surface area contributed by atoms with Gasteiger partial charge in [0, 0.05) is 51.7 Å². The molecule has 0 saturated heterocycles. The minimum absolute atomic E-state index is 0.0525. The summed E-state index contributed by atoms with van der Waals surface area (Å²) < 4.78 is 64.7. The minimum Gasteiger partial charge on any atom is -0.488 e. The number of aromatic nitrogens is 4. The summed E-state index contributed by atoms with van der Waals surface area (Å²) in [6.45, 7) is 3.32. The Balaban J connectivity index is 1.68. The molecule has 218 valence electrons. The van der Waals surface area contributed by atoms with E-state index in [0.29, 0.717) is 0 Å². The monoisotopic (exact) mass is 595 g/mol. The van der Waals surface area contributed by atoms with Crippen LogP contribution in [0.4, 0.5) is 5.69 Å². The molecule has 16 heteroatoms. The third kappa shape index (κ3) is 5.99. The lowest BCUT2D eigenvalue weighted by Gasteiger charge is -2.38. The van der Waals surface area contributed by atoms with Crippen LogP contribution < -0.4 is 9.46 Å². The van der Waals surface area contributed by atoms with Crippen molar-refractivity contribution >= 4 is 31.6 Å². The zero-order valence-electron chi connectivity index (χ0n) is 22.8. The normalized spacial score (nSPS) is 19.1. The number of sulfonamides is 2. The van der Waals surface area contributed by atoms with Crippen LogP contribution in [0.2, 0.25) is 0 Å². The number of aliphatic hydroxyl groups excluding tert-OH is 1. The molecule has 0 saturated carbocycles. The molecule has 2 aromatic heterocycles. The van der Waals surface area contributed by atoms with Gasteiger partial charge in [-0.25, -0.2) is 18.4 Å². The predicted octanol–water partition coefficient (Wildman–Crippen LogP) is 0.495. The number of aryl methyl sites for hydroxylation is 2. The number of imidazole rings is 2. The standard InChI is InChI=1S/C24H33N7O7S2/c1-16-9-31(17(2)13-32)24(33)19-8-18(27-39(34,35)22-11-28(3)14-25-22)6-7-20(19)38-21(16)10-30(5)40(36,37)23-12-29(4)15-26-23/h6-8,11-12,14-17,21,27,32H,9-10,13H2,1-5H3/t16-,17-,21-/m1/s1. The third-order valence-electron chi connectivity index (χ3n) is 6.67. The number of aliphatic hydroxyl groups is 1. The van der Waals surface area contributed by atoms with Crippen LogP contribution in [0.15, 0.2) is 53.3 Å². The zero-order chi connectivity index (χ0) is 29.4. The van der Waals surface area contributed by atoms with Crippen LogP contribution in [0.25, 0.3) is 0 Å². The van der Waals surface area contributed by atoms with Gasteiger partial charge >= 0.3 is 0 Å². The van der Waals surface area contributed by atoms with Gasteiger partial charge in [-0.1, -0.05) is 6.92 Å². The van der Waals surface area contributed by atoms with Gasteiger partial charge in [0.2, 0.25) is 0 Å². The Kier molecular flexibility index (Phi) is 8.26. The van der Waals surface area contributed by atoms with Crippen LogP contribution in [0.1, 0.15) is 24.2 Å². The number of anilines is 1. The second-order valence-corrected chi connectivity index (χ2v) is 13.6. The van der Waals surface area contributed by atoms with Crippen LogP contribution in [0.5, 0.6) is 5.75 Å². The van der Waals surface area contributed by atoms with Gasteiger partial charge in [-0.3, -0.25) is 9.52 Å². The number of nitrogens with zero attached hydrogens (tertiary/aromatic N) is 6. The largest absolute Gasteiger partial charge is 0.488 e. The highest BCUT2D eigenvalue weighted by Crippen LogP contribution is 2.31. The van der Waals surface area contributed by atoms with Crippen molar-refractivity contribution in [3.8, 4) is 5.75 Å². The maximum atomic E-state index is 13.6. The van der Waals surface area contributed by atoms with Gasteiger partial charge in [-0.15, -0.1) is 0 Å². The van der Waals surface area contributed by atoms with Gasteiger partial charge in [-0.05, 0) is 25.1 Å². The molecule has 40 heavy (non-hydrogen) atoms. The highest BCUT2D eigenvalue weighted by Gasteiger charge is 2.36. The molecule has 3 atom stereocenters. The Morgan fingerprint density at radius 3 is 2.33 bits per heavy atom. The Hall–Kier alpha value is -3.47. The molecular weight excluding hydrogens is 562 g/mol. The van der Waals surface area contributed by atoms with Crippen molar-refractivity contribution in [2.45, 2.75) is 36.0 Å². The minimum atomic E-state index is -4.03. The molecule has 2 N–H and O–H groups in total. The molecule has 1 amide bonds. The summed E-state index contributed by atoms with van der Waals surface area (Å²) in [6.07, 6.45) is 4.80. The van der Waals surface area contributed by atoms with Gasteiger partial charge in [0.05, 0.1) is 37.4 Å². The Bertz CT molecular complexity index is 1600. The van der Waals surface area contributed by atoms with Crippen molar-refractivity contribution in [3.05, 3.63) is 48.8 Å². The maximum Gasteiger partial charge on any atom is 0.280 e. The molecule has 3 heterocycles. The molecule has 14 nitrogen and oxygen atoms in total. The van der Waals surface area contributed by atoms with Crippen molar-refractivity contribution < 1.29 is 31.5 Å². The van der Waals surface area contributed by atoms with Crippen LogP contribution >= 0.6 is 0 Å². The molecule has 1 aliphatic heterocycles. The first-order valence-corrected chi connectivity index (χ1v) is 15.3. The molecular formula is C24H33N7O7S2. The Morgan fingerprint density at radius 2 is 1.75 bits per heavy atom. The maximum absolute atomic E-state index is 13.6. The first-order chi connectivity index (χ1) is 18.7. The average molecular weight is 596 g/mol. The number of amides is 1. The number of likely N-dealkylation sites (N-methyl/N-ethyl adjacent to an activating group) is 1. The summed E-state index contributed by atoms with van der Waals surface area (Å²) in [5.74, 6) is -0.647. The lowest BCUT2D eigenvalue weighted by Crippen LogP contribution is -2.50. The third-order valence-corrected chi connectivity index (χ3v) is 9.64. The molecule has 0 bridgehead atoms. The van der Waals surface area contributed by atoms with E-state index < -0.39 is 38.1 Å². The lowest BCUT2D eigenvalue weighted by atomic mass is 9.99. The number of ether oxygens (including phenoxy) is 1.